The summed E-state index contributed by atoms with van der Waals surface area (Å²) in [5.41, 5.74) is 11.8. The lowest BCUT2D eigenvalue weighted by Crippen LogP contribution is -2.58. The summed E-state index contributed by atoms with van der Waals surface area (Å²) in [5, 5.41) is 6.49. The number of imidazole rings is 1. The highest BCUT2D eigenvalue weighted by Crippen LogP contribution is 2.58. The number of amidine groups is 1. The summed E-state index contributed by atoms with van der Waals surface area (Å²) in [5.74, 6) is 3.46. The Morgan fingerprint density at radius 1 is 0.879 bits per heavy atom. The number of alkyl carbamates (subject to hydrolysis) is 1. The number of H-pyrrole nitrogens is 1. The Morgan fingerprint density at radius 2 is 1.62 bits per heavy atom. The summed E-state index contributed by atoms with van der Waals surface area (Å²) in [6, 6.07) is 20.7. The van der Waals surface area contributed by atoms with Gasteiger partial charge in [0.25, 0.3) is 0 Å². The fourth-order valence-corrected chi connectivity index (χ4v) is 11.8. The number of fused-ring (bicyclic) bond motifs is 7. The average Bonchev–Trinajstić information content (AvgIpc) is 4.11. The van der Waals surface area contributed by atoms with Crippen LogP contribution in [0.5, 0.6) is 0 Å². The molecule has 1 aromatic heterocycles. The first kappa shape index (κ1) is 37.5. The molecule has 10 rings (SSSR count). The number of hydrogen-bond acceptors (Lipinski definition) is 8. The van der Waals surface area contributed by atoms with E-state index < -0.39 is 18.2 Å². The highest BCUT2D eigenvalue weighted by atomic mass is 16.5. The van der Waals surface area contributed by atoms with E-state index >= 15 is 0 Å². The molecule has 2 amide bonds. The van der Waals surface area contributed by atoms with Crippen molar-refractivity contribution in [3.05, 3.63) is 77.1 Å². The number of aliphatic imine (C=N–C) groups is 1. The minimum atomic E-state index is -0.850. The second-order valence-electron chi connectivity index (χ2n) is 18.0. The molecule has 8 unspecified atom stereocenters. The van der Waals surface area contributed by atoms with Gasteiger partial charge in [-0.1, -0.05) is 48.9 Å². The number of methoxy groups -OCH3 is 2. The van der Waals surface area contributed by atoms with Gasteiger partial charge in [0.2, 0.25) is 5.91 Å². The molecule has 2 bridgehead atoms. The molecular formula is C47H57N7O4. The van der Waals surface area contributed by atoms with Crippen LogP contribution in [0.4, 0.5) is 4.79 Å². The molecule has 4 fully saturated rings. The Morgan fingerprint density at radius 3 is 2.33 bits per heavy atom. The van der Waals surface area contributed by atoms with E-state index in [1.807, 2.05) is 4.90 Å². The van der Waals surface area contributed by atoms with Crippen molar-refractivity contribution in [3.8, 4) is 22.3 Å². The molecule has 2 saturated carbocycles. The van der Waals surface area contributed by atoms with Gasteiger partial charge >= 0.3 is 6.09 Å². The Balaban J connectivity index is 0.883. The number of nitrogens with one attached hydrogen (secondary N) is 3. The van der Waals surface area contributed by atoms with Crippen molar-refractivity contribution in [2.24, 2.45) is 10.9 Å². The summed E-state index contributed by atoms with van der Waals surface area (Å²) < 4.78 is 10.4. The van der Waals surface area contributed by atoms with Crippen LogP contribution in [-0.2, 0) is 14.3 Å². The number of aromatic nitrogens is 2. The van der Waals surface area contributed by atoms with Crippen LogP contribution < -0.4 is 10.6 Å². The first-order valence-corrected chi connectivity index (χ1v) is 21.7. The number of aromatic amines is 1. The minimum Gasteiger partial charge on any atom is -0.453 e. The molecule has 0 spiro atoms. The summed E-state index contributed by atoms with van der Waals surface area (Å²) in [6.07, 6.45) is 9.01. The van der Waals surface area contributed by atoms with E-state index in [9.17, 15) is 9.59 Å². The lowest BCUT2D eigenvalue weighted by atomic mass is 9.81. The second-order valence-corrected chi connectivity index (χ2v) is 18.0. The number of nitrogens with zero attached hydrogens (tertiary/aromatic N) is 4. The van der Waals surface area contributed by atoms with E-state index in [2.05, 4.69) is 89.1 Å². The number of hydrogen-bond donors (Lipinski definition) is 3. The number of rotatable bonds is 9. The van der Waals surface area contributed by atoms with Gasteiger partial charge in [-0.05, 0) is 141 Å². The Labute approximate surface area is 341 Å². The molecule has 11 nitrogen and oxygen atoms in total. The first-order valence-electron chi connectivity index (χ1n) is 21.7. The monoisotopic (exact) mass is 783 g/mol. The fourth-order valence-electron chi connectivity index (χ4n) is 11.8. The zero-order valence-corrected chi connectivity index (χ0v) is 34.5. The molecule has 3 N–H and O–H groups in total. The maximum Gasteiger partial charge on any atom is 0.407 e. The molecule has 3 aliphatic heterocycles. The number of carbonyl (C=O) groups excluding carboxylic acids is 2. The van der Waals surface area contributed by atoms with Gasteiger partial charge in [0.15, 0.2) is 0 Å². The number of benzene rings is 3. The molecule has 0 radical (unpaired) electrons. The van der Waals surface area contributed by atoms with Crippen LogP contribution in [0.25, 0.3) is 33.3 Å². The van der Waals surface area contributed by atoms with Crippen molar-refractivity contribution in [2.75, 3.05) is 27.8 Å². The number of carbonyl (C=O) groups is 2. The third-order valence-electron chi connectivity index (χ3n) is 15.1. The van der Waals surface area contributed by atoms with E-state index in [0.29, 0.717) is 36.4 Å². The first-order chi connectivity index (χ1) is 28.2. The summed E-state index contributed by atoms with van der Waals surface area (Å²) >= 11 is 0. The summed E-state index contributed by atoms with van der Waals surface area (Å²) in [6.45, 7) is 4.73. The number of likely N-dealkylation sites (tertiary alicyclic amines) is 2. The molecule has 304 valence electrons. The highest BCUT2D eigenvalue weighted by Gasteiger charge is 2.51. The predicted octanol–water partition coefficient (Wildman–Crippen LogP) is 7.99. The molecular weight excluding hydrogens is 727 g/mol. The van der Waals surface area contributed by atoms with E-state index in [4.69, 9.17) is 19.5 Å². The summed E-state index contributed by atoms with van der Waals surface area (Å²) in [4.78, 5) is 44.8. The zero-order valence-electron chi connectivity index (χ0n) is 34.5. The predicted molar refractivity (Wildman–Crippen MR) is 226 cm³/mol. The maximum atomic E-state index is 14.3. The standard InChI is InChI=1S/C47H57N7O4/c1-25-9-20-39(53(25)3)45-49-35-19-16-29(22-36(35)50-45)34-18-17-33(41-31-14-15-32(21-31)42(34)41)27-10-12-28(13-11-27)37-24-48-44(51-37)40-23-30-7-6-8-38(30)54(40)46(55)43(26(2)57-4)52-47(56)58-5/h10-13,16-19,22,25-26,30-32,37-40,43H,6-9,14-15,20-21,23-24H2,1-5H3,(H,48,51)(H,49,50)(H,52,56)/t25-,26?,30?,31?,32?,37?,38?,39-,40?,43?/m0/s1. The molecule has 3 aliphatic carbocycles. The second kappa shape index (κ2) is 14.8. The summed E-state index contributed by atoms with van der Waals surface area (Å²) in [7, 11) is 5.09. The molecule has 11 heteroatoms. The van der Waals surface area contributed by atoms with E-state index in [1.54, 1.807) is 25.2 Å². The van der Waals surface area contributed by atoms with Crippen LogP contribution in [0.15, 0.2) is 59.6 Å². The third-order valence-corrected chi connectivity index (χ3v) is 15.1. The van der Waals surface area contributed by atoms with Crippen LogP contribution >= 0.6 is 0 Å². The van der Waals surface area contributed by atoms with Crippen LogP contribution in [0.1, 0.15) is 118 Å². The van der Waals surface area contributed by atoms with Crippen molar-refractivity contribution >= 4 is 28.9 Å². The fraction of sp³-hybridized carbons (Fsp3) is 0.532. The Bertz CT molecular complexity index is 2270. The number of ether oxygens (including phenoxy) is 2. The van der Waals surface area contributed by atoms with Crippen molar-refractivity contribution in [2.45, 2.75) is 126 Å². The van der Waals surface area contributed by atoms with Crippen molar-refractivity contribution in [1.29, 1.82) is 0 Å². The van der Waals surface area contributed by atoms with Crippen molar-refractivity contribution in [3.63, 3.8) is 0 Å². The molecule has 58 heavy (non-hydrogen) atoms. The Kier molecular flexibility index (Phi) is 9.59. The van der Waals surface area contributed by atoms with Gasteiger partial charge in [0.1, 0.15) is 17.7 Å². The smallest absolute Gasteiger partial charge is 0.407 e. The lowest BCUT2D eigenvalue weighted by Gasteiger charge is -2.35. The van der Waals surface area contributed by atoms with Crippen molar-refractivity contribution in [1.82, 2.24) is 30.4 Å². The van der Waals surface area contributed by atoms with Gasteiger partial charge in [-0.25, -0.2) is 9.78 Å². The van der Waals surface area contributed by atoms with E-state index in [1.165, 1.54) is 60.6 Å². The van der Waals surface area contributed by atoms with Crippen molar-refractivity contribution < 1.29 is 19.1 Å². The van der Waals surface area contributed by atoms with Crippen LogP contribution in [-0.4, -0.2) is 95.7 Å². The topological polar surface area (TPSA) is 124 Å². The lowest BCUT2D eigenvalue weighted by molar-refractivity contribution is -0.138. The average molecular weight is 784 g/mol. The van der Waals surface area contributed by atoms with E-state index in [-0.39, 0.29) is 24.0 Å². The number of amides is 2. The van der Waals surface area contributed by atoms with Crippen LogP contribution in [0, 0.1) is 5.92 Å². The molecule has 4 aromatic rings. The van der Waals surface area contributed by atoms with Gasteiger partial charge in [0, 0.05) is 19.2 Å². The molecule has 10 atom stereocenters. The molecule has 6 aliphatic rings. The van der Waals surface area contributed by atoms with Gasteiger partial charge < -0.3 is 30.0 Å². The maximum absolute atomic E-state index is 14.3. The largest absolute Gasteiger partial charge is 0.453 e. The molecule has 3 aromatic carbocycles. The minimum absolute atomic E-state index is 0.0304. The van der Waals surface area contributed by atoms with E-state index in [0.717, 1.165) is 54.8 Å². The Hall–Kier alpha value is -4.74. The normalized spacial score (nSPS) is 29.7. The highest BCUT2D eigenvalue weighted by molar-refractivity contribution is 5.96. The van der Waals surface area contributed by atoms with Gasteiger partial charge in [0.05, 0.1) is 48.9 Å². The zero-order chi connectivity index (χ0) is 39.8. The third kappa shape index (κ3) is 6.22. The van der Waals surface area contributed by atoms with Crippen LogP contribution in [0.2, 0.25) is 0 Å². The molecule has 2 saturated heterocycles. The molecule has 4 heterocycles. The SMILES string of the molecule is COC(=O)NC(C(=O)N1C(C2=NCC(c3ccc(-c4ccc(-c5ccc6nc([C@@H]7CC[C@H](C)N7C)[nH]c6c5)c5c4C4CCC5C4)cc3)N2)CC2CCCC21)C(C)OC. The van der Waals surface area contributed by atoms with Crippen LogP contribution in [0.3, 0.4) is 0 Å². The van der Waals surface area contributed by atoms with Gasteiger partial charge in [-0.15, -0.1) is 0 Å². The van der Waals surface area contributed by atoms with Gasteiger partial charge in [-0.3, -0.25) is 14.7 Å². The quantitative estimate of drug-likeness (QED) is 0.157. The van der Waals surface area contributed by atoms with Gasteiger partial charge in [-0.2, -0.15) is 0 Å².